The van der Waals surface area contributed by atoms with Gasteiger partial charge in [0.1, 0.15) is 0 Å². The molecule has 1 fully saturated rings. The summed E-state index contributed by atoms with van der Waals surface area (Å²) in [6.07, 6.45) is 9.22. The molecule has 1 aromatic heterocycles. The van der Waals surface area contributed by atoms with Gasteiger partial charge in [0.2, 0.25) is 0 Å². The second kappa shape index (κ2) is 5.33. The molecule has 0 bridgehead atoms. The molecule has 0 spiro atoms. The van der Waals surface area contributed by atoms with E-state index in [1.807, 2.05) is 11.3 Å². The molecule has 0 atom stereocenters. The van der Waals surface area contributed by atoms with Gasteiger partial charge in [-0.15, -0.1) is 11.3 Å². The molecule has 0 unspecified atom stereocenters. The number of nitrogens with two attached hydrogens (primary N) is 1. The highest BCUT2D eigenvalue weighted by Crippen LogP contribution is 2.39. The SMILES string of the molecule is CCc1ccc(CC2(CN)CCCCC2)s1. The summed E-state index contributed by atoms with van der Waals surface area (Å²) in [6.45, 7) is 3.10. The highest BCUT2D eigenvalue weighted by Gasteiger charge is 2.31. The van der Waals surface area contributed by atoms with E-state index >= 15 is 0 Å². The summed E-state index contributed by atoms with van der Waals surface area (Å²) in [4.78, 5) is 3.06. The van der Waals surface area contributed by atoms with Crippen LogP contribution in [-0.4, -0.2) is 6.54 Å². The van der Waals surface area contributed by atoms with Gasteiger partial charge in [-0.25, -0.2) is 0 Å². The number of aryl methyl sites for hydroxylation is 1. The monoisotopic (exact) mass is 237 g/mol. The lowest BCUT2D eigenvalue weighted by molar-refractivity contribution is 0.199. The van der Waals surface area contributed by atoms with Crippen LogP contribution in [0.3, 0.4) is 0 Å². The molecule has 0 aliphatic heterocycles. The minimum Gasteiger partial charge on any atom is -0.330 e. The van der Waals surface area contributed by atoms with E-state index in [1.54, 1.807) is 4.88 Å². The first kappa shape index (κ1) is 12.1. The van der Waals surface area contributed by atoms with Crippen molar-refractivity contribution < 1.29 is 0 Å². The van der Waals surface area contributed by atoms with Gasteiger partial charge in [-0.3, -0.25) is 0 Å². The van der Waals surface area contributed by atoms with E-state index in [4.69, 9.17) is 5.73 Å². The molecule has 0 amide bonds. The zero-order valence-corrected chi connectivity index (χ0v) is 11.1. The molecule has 1 nitrogen and oxygen atoms in total. The molecule has 1 aromatic rings. The third kappa shape index (κ3) is 2.67. The highest BCUT2D eigenvalue weighted by molar-refractivity contribution is 7.11. The van der Waals surface area contributed by atoms with E-state index in [2.05, 4.69) is 19.1 Å². The van der Waals surface area contributed by atoms with Gasteiger partial charge in [-0.2, -0.15) is 0 Å². The first-order valence-electron chi connectivity index (χ1n) is 6.56. The lowest BCUT2D eigenvalue weighted by atomic mass is 9.71. The van der Waals surface area contributed by atoms with Gasteiger partial charge < -0.3 is 5.73 Å². The summed E-state index contributed by atoms with van der Waals surface area (Å²) in [5.74, 6) is 0. The molecule has 90 valence electrons. The van der Waals surface area contributed by atoms with E-state index < -0.39 is 0 Å². The number of hydrogen-bond donors (Lipinski definition) is 1. The van der Waals surface area contributed by atoms with Crippen LogP contribution in [-0.2, 0) is 12.8 Å². The highest BCUT2D eigenvalue weighted by atomic mass is 32.1. The summed E-state index contributed by atoms with van der Waals surface area (Å²) < 4.78 is 0. The van der Waals surface area contributed by atoms with Crippen LogP contribution in [0.15, 0.2) is 12.1 Å². The topological polar surface area (TPSA) is 26.0 Å². The molecule has 0 saturated heterocycles. The Labute approximate surface area is 103 Å². The minimum atomic E-state index is 0.425. The Kier molecular flexibility index (Phi) is 4.04. The van der Waals surface area contributed by atoms with Gasteiger partial charge >= 0.3 is 0 Å². The van der Waals surface area contributed by atoms with Crippen LogP contribution in [0.25, 0.3) is 0 Å². The Hall–Kier alpha value is -0.340. The number of hydrogen-bond acceptors (Lipinski definition) is 2. The third-order valence-electron chi connectivity index (χ3n) is 3.96. The lowest BCUT2D eigenvalue weighted by Crippen LogP contribution is -2.34. The first-order chi connectivity index (χ1) is 7.78. The Morgan fingerprint density at radius 2 is 1.88 bits per heavy atom. The molecule has 1 aliphatic rings. The van der Waals surface area contributed by atoms with Crippen LogP contribution in [0.5, 0.6) is 0 Å². The fraction of sp³-hybridized carbons (Fsp3) is 0.714. The van der Waals surface area contributed by atoms with Crippen molar-refractivity contribution in [2.45, 2.75) is 51.9 Å². The van der Waals surface area contributed by atoms with Crippen molar-refractivity contribution in [2.24, 2.45) is 11.1 Å². The zero-order chi connectivity index (χ0) is 11.4. The molecular weight excluding hydrogens is 214 g/mol. The van der Waals surface area contributed by atoms with Crippen LogP contribution in [0.1, 0.15) is 48.8 Å². The summed E-state index contributed by atoms with van der Waals surface area (Å²) in [5, 5.41) is 0. The predicted octanol–water partition coefficient (Wildman–Crippen LogP) is 3.76. The van der Waals surface area contributed by atoms with Crippen molar-refractivity contribution in [2.75, 3.05) is 6.54 Å². The average Bonchev–Trinajstić information content (AvgIpc) is 2.78. The van der Waals surface area contributed by atoms with E-state index in [-0.39, 0.29) is 0 Å². The van der Waals surface area contributed by atoms with Crippen LogP contribution in [0.2, 0.25) is 0 Å². The van der Waals surface area contributed by atoms with Gasteiger partial charge in [0.25, 0.3) is 0 Å². The Morgan fingerprint density at radius 1 is 1.19 bits per heavy atom. The van der Waals surface area contributed by atoms with Gasteiger partial charge in [-0.1, -0.05) is 26.2 Å². The predicted molar refractivity (Wildman–Crippen MR) is 72.0 cm³/mol. The van der Waals surface area contributed by atoms with Gasteiger partial charge in [0.15, 0.2) is 0 Å². The van der Waals surface area contributed by atoms with E-state index in [0.29, 0.717) is 5.41 Å². The van der Waals surface area contributed by atoms with Crippen molar-refractivity contribution >= 4 is 11.3 Å². The van der Waals surface area contributed by atoms with Crippen molar-refractivity contribution in [3.8, 4) is 0 Å². The summed E-state index contributed by atoms with van der Waals surface area (Å²) in [5.41, 5.74) is 6.45. The Morgan fingerprint density at radius 3 is 2.44 bits per heavy atom. The molecule has 1 saturated carbocycles. The second-order valence-electron chi connectivity index (χ2n) is 5.16. The van der Waals surface area contributed by atoms with E-state index in [1.165, 1.54) is 49.8 Å². The van der Waals surface area contributed by atoms with E-state index in [9.17, 15) is 0 Å². The molecule has 0 radical (unpaired) electrons. The van der Waals surface area contributed by atoms with Crippen molar-refractivity contribution in [1.29, 1.82) is 0 Å². The summed E-state index contributed by atoms with van der Waals surface area (Å²) in [7, 11) is 0. The standard InChI is InChI=1S/C14H23NS/c1-2-12-6-7-13(16-12)10-14(11-15)8-4-3-5-9-14/h6-7H,2-5,8-11,15H2,1H3. The van der Waals surface area contributed by atoms with Crippen LogP contribution in [0, 0.1) is 5.41 Å². The van der Waals surface area contributed by atoms with Crippen molar-refractivity contribution in [3.63, 3.8) is 0 Å². The van der Waals surface area contributed by atoms with Crippen molar-refractivity contribution in [3.05, 3.63) is 21.9 Å². The van der Waals surface area contributed by atoms with Crippen LogP contribution < -0.4 is 5.73 Å². The van der Waals surface area contributed by atoms with Gasteiger partial charge in [0, 0.05) is 9.75 Å². The zero-order valence-electron chi connectivity index (χ0n) is 10.3. The maximum atomic E-state index is 6.03. The Balaban J connectivity index is 2.05. The average molecular weight is 237 g/mol. The van der Waals surface area contributed by atoms with Crippen LogP contribution >= 0.6 is 11.3 Å². The van der Waals surface area contributed by atoms with E-state index in [0.717, 1.165) is 6.54 Å². The largest absolute Gasteiger partial charge is 0.330 e. The molecule has 1 aliphatic carbocycles. The Bertz CT molecular complexity index is 323. The number of thiophene rings is 1. The van der Waals surface area contributed by atoms with Crippen LogP contribution in [0.4, 0.5) is 0 Å². The van der Waals surface area contributed by atoms with Gasteiger partial charge in [-0.05, 0) is 49.8 Å². The third-order valence-corrected chi connectivity index (χ3v) is 5.19. The smallest absolute Gasteiger partial charge is 0.00541 e. The molecular formula is C14H23NS. The fourth-order valence-electron chi connectivity index (χ4n) is 2.83. The molecule has 2 N–H and O–H groups in total. The molecule has 1 heterocycles. The maximum Gasteiger partial charge on any atom is 0.00541 e. The maximum absolute atomic E-state index is 6.03. The number of rotatable bonds is 4. The fourth-order valence-corrected chi connectivity index (χ4v) is 3.96. The molecule has 16 heavy (non-hydrogen) atoms. The molecule has 2 heteroatoms. The molecule has 2 rings (SSSR count). The summed E-state index contributed by atoms with van der Waals surface area (Å²) in [6, 6.07) is 4.60. The van der Waals surface area contributed by atoms with Crippen molar-refractivity contribution in [1.82, 2.24) is 0 Å². The molecule has 0 aromatic carbocycles. The lowest BCUT2D eigenvalue weighted by Gasteiger charge is -2.36. The van der Waals surface area contributed by atoms with Gasteiger partial charge in [0.05, 0.1) is 0 Å². The minimum absolute atomic E-state index is 0.425. The quantitative estimate of drug-likeness (QED) is 0.847. The summed E-state index contributed by atoms with van der Waals surface area (Å²) >= 11 is 1.98. The normalized spacial score (nSPS) is 19.9. The second-order valence-corrected chi connectivity index (χ2v) is 6.42. The first-order valence-corrected chi connectivity index (χ1v) is 7.37.